The van der Waals surface area contributed by atoms with Crippen molar-refractivity contribution in [3.05, 3.63) is 54.7 Å². The Morgan fingerprint density at radius 3 is 2.77 bits per heavy atom. The van der Waals surface area contributed by atoms with Crippen LogP contribution in [0.1, 0.15) is 24.4 Å². The molecule has 8 heteroatoms. The third-order valence-corrected chi connectivity index (χ3v) is 5.22. The van der Waals surface area contributed by atoms with Crippen molar-refractivity contribution in [3.8, 4) is 11.1 Å². The summed E-state index contributed by atoms with van der Waals surface area (Å²) in [5.74, 6) is -0.0274. The van der Waals surface area contributed by atoms with Crippen molar-refractivity contribution < 1.29 is 18.7 Å². The van der Waals surface area contributed by atoms with Gasteiger partial charge >= 0.3 is 0 Å². The average molecular weight is 408 g/mol. The molecule has 0 fully saturated rings. The van der Waals surface area contributed by atoms with E-state index < -0.39 is 0 Å². The van der Waals surface area contributed by atoms with Crippen molar-refractivity contribution >= 4 is 23.2 Å². The molecule has 0 radical (unpaired) electrons. The van der Waals surface area contributed by atoms with Crippen molar-refractivity contribution in [3.63, 3.8) is 0 Å². The highest BCUT2D eigenvalue weighted by atomic mass is 16.5. The summed E-state index contributed by atoms with van der Waals surface area (Å²) in [6, 6.07) is 8.94. The molecule has 0 N–H and O–H groups in total. The molecule has 0 unspecified atom stereocenters. The van der Waals surface area contributed by atoms with Gasteiger partial charge < -0.3 is 19.0 Å². The van der Waals surface area contributed by atoms with Crippen LogP contribution < -0.4 is 9.80 Å². The van der Waals surface area contributed by atoms with Crippen LogP contribution >= 0.6 is 0 Å². The number of nitrogens with zero attached hydrogens (tertiary/aromatic N) is 4. The summed E-state index contributed by atoms with van der Waals surface area (Å²) in [7, 11) is 1.65. The lowest BCUT2D eigenvalue weighted by molar-refractivity contribution is -0.117. The lowest BCUT2D eigenvalue weighted by atomic mass is 10.0. The monoisotopic (exact) mass is 408 g/mol. The fourth-order valence-corrected chi connectivity index (χ4v) is 3.83. The minimum atomic E-state index is -0.232. The van der Waals surface area contributed by atoms with E-state index in [0.29, 0.717) is 31.1 Å². The molecule has 0 saturated carbocycles. The maximum absolute atomic E-state index is 13.1. The zero-order valence-corrected chi connectivity index (χ0v) is 17.2. The van der Waals surface area contributed by atoms with Crippen LogP contribution in [0.4, 0.5) is 11.4 Å². The lowest BCUT2D eigenvalue weighted by Gasteiger charge is -2.40. The van der Waals surface area contributed by atoms with Crippen molar-refractivity contribution in [1.82, 2.24) is 9.78 Å². The summed E-state index contributed by atoms with van der Waals surface area (Å²) in [6.45, 7) is 5.07. The summed E-state index contributed by atoms with van der Waals surface area (Å²) in [5.41, 5.74) is 3.21. The van der Waals surface area contributed by atoms with E-state index in [1.54, 1.807) is 35.2 Å². The molecule has 30 heavy (non-hydrogen) atoms. The van der Waals surface area contributed by atoms with Gasteiger partial charge in [0.1, 0.15) is 0 Å². The van der Waals surface area contributed by atoms with Gasteiger partial charge in [0.2, 0.25) is 5.91 Å². The number of rotatable bonds is 5. The van der Waals surface area contributed by atoms with Crippen LogP contribution in [0.5, 0.6) is 0 Å². The van der Waals surface area contributed by atoms with Crippen molar-refractivity contribution in [2.24, 2.45) is 0 Å². The van der Waals surface area contributed by atoms with Gasteiger partial charge in [0.15, 0.2) is 5.76 Å². The molecule has 0 aliphatic carbocycles. The topological polar surface area (TPSA) is 80.8 Å². The molecule has 1 atom stereocenters. The second-order valence-electron chi connectivity index (χ2n) is 7.32. The second-order valence-corrected chi connectivity index (χ2v) is 7.32. The van der Waals surface area contributed by atoms with Crippen LogP contribution in [-0.2, 0) is 16.1 Å². The predicted octanol–water partition coefficient (Wildman–Crippen LogP) is 3.19. The molecule has 4 rings (SSSR count). The number of carbonyl (C=O) groups excluding carboxylic acids is 2. The Morgan fingerprint density at radius 1 is 1.23 bits per heavy atom. The lowest BCUT2D eigenvalue weighted by Crippen LogP contribution is -2.51. The van der Waals surface area contributed by atoms with Gasteiger partial charge in [-0.05, 0) is 36.8 Å². The van der Waals surface area contributed by atoms with Gasteiger partial charge in [-0.25, -0.2) is 0 Å². The number of methoxy groups -OCH3 is 1. The molecule has 0 bridgehead atoms. The highest BCUT2D eigenvalue weighted by molar-refractivity contribution is 6.10. The van der Waals surface area contributed by atoms with E-state index in [-0.39, 0.29) is 23.6 Å². The molecule has 0 saturated heterocycles. The van der Waals surface area contributed by atoms with E-state index in [1.807, 2.05) is 36.0 Å². The normalized spacial score (nSPS) is 15.9. The number of furan rings is 1. The molecule has 2 amide bonds. The number of hydrogen-bond donors (Lipinski definition) is 0. The highest BCUT2D eigenvalue weighted by Crippen LogP contribution is 2.39. The standard InChI is InChI=1S/C22H24N4O4/c1-15-13-25(22(28)21-5-4-9-30-21)20-11-17(6-7-19(20)26(15)16(2)27)18-12-23-24(14-18)8-10-29-3/h4-7,9,11-12,14-15H,8,10,13H2,1-3H3/t15-/m0/s1. The van der Waals surface area contributed by atoms with E-state index in [2.05, 4.69) is 5.10 Å². The number of carbonyl (C=O) groups is 2. The minimum absolute atomic E-state index is 0.0611. The molecule has 3 heterocycles. The van der Waals surface area contributed by atoms with Crippen LogP contribution in [0.2, 0.25) is 0 Å². The summed E-state index contributed by atoms with van der Waals surface area (Å²) in [5, 5.41) is 4.37. The van der Waals surface area contributed by atoms with Crippen molar-refractivity contribution in [2.75, 3.05) is 30.1 Å². The van der Waals surface area contributed by atoms with Crippen LogP contribution in [0.15, 0.2) is 53.4 Å². The molecule has 0 spiro atoms. The Morgan fingerprint density at radius 2 is 2.07 bits per heavy atom. The van der Waals surface area contributed by atoms with Gasteiger partial charge in [0.25, 0.3) is 5.91 Å². The van der Waals surface area contributed by atoms with Gasteiger partial charge in [-0.1, -0.05) is 6.07 Å². The zero-order valence-electron chi connectivity index (χ0n) is 17.2. The molecule has 1 aromatic carbocycles. The fraction of sp³-hybridized carbons (Fsp3) is 0.318. The van der Waals surface area contributed by atoms with E-state index in [0.717, 1.165) is 11.1 Å². The first kappa shape index (κ1) is 19.9. The van der Waals surface area contributed by atoms with E-state index in [1.165, 1.54) is 13.2 Å². The largest absolute Gasteiger partial charge is 0.459 e. The molecular weight excluding hydrogens is 384 g/mol. The van der Waals surface area contributed by atoms with E-state index in [9.17, 15) is 9.59 Å². The Labute approximate surface area is 174 Å². The number of ether oxygens (including phenoxy) is 1. The molecule has 2 aromatic heterocycles. The summed E-state index contributed by atoms with van der Waals surface area (Å²) < 4.78 is 12.2. The van der Waals surface area contributed by atoms with Gasteiger partial charge in [-0.2, -0.15) is 5.10 Å². The Balaban J connectivity index is 1.76. The summed E-state index contributed by atoms with van der Waals surface area (Å²) in [6.07, 6.45) is 5.20. The van der Waals surface area contributed by atoms with Crippen LogP contribution in [0, 0.1) is 0 Å². The maximum Gasteiger partial charge on any atom is 0.294 e. The van der Waals surface area contributed by atoms with Crippen molar-refractivity contribution in [1.29, 1.82) is 0 Å². The average Bonchev–Trinajstić information content (AvgIpc) is 3.42. The SMILES string of the molecule is COCCn1cc(-c2ccc3c(c2)N(C(=O)c2ccco2)C[C@H](C)N3C(C)=O)cn1. The molecular formula is C22H24N4O4. The fourth-order valence-electron chi connectivity index (χ4n) is 3.83. The van der Waals surface area contributed by atoms with Gasteiger partial charge in [0, 0.05) is 32.3 Å². The molecule has 1 aliphatic rings. The Kier molecular flexibility index (Phi) is 5.41. The van der Waals surface area contributed by atoms with Gasteiger partial charge in [-0.15, -0.1) is 0 Å². The summed E-state index contributed by atoms with van der Waals surface area (Å²) >= 11 is 0. The first-order valence-corrected chi connectivity index (χ1v) is 9.80. The first-order chi connectivity index (χ1) is 14.5. The van der Waals surface area contributed by atoms with Crippen molar-refractivity contribution in [2.45, 2.75) is 26.4 Å². The maximum atomic E-state index is 13.1. The van der Waals surface area contributed by atoms with E-state index in [4.69, 9.17) is 9.15 Å². The Hall–Kier alpha value is -3.39. The predicted molar refractivity (Wildman–Crippen MR) is 113 cm³/mol. The van der Waals surface area contributed by atoms with Crippen LogP contribution in [0.3, 0.4) is 0 Å². The first-order valence-electron chi connectivity index (χ1n) is 9.80. The number of anilines is 2. The quantitative estimate of drug-likeness (QED) is 0.648. The smallest absolute Gasteiger partial charge is 0.294 e. The number of fused-ring (bicyclic) bond motifs is 1. The molecule has 156 valence electrons. The molecule has 1 aliphatic heterocycles. The van der Waals surface area contributed by atoms with Gasteiger partial charge in [0.05, 0.1) is 43.0 Å². The minimum Gasteiger partial charge on any atom is -0.459 e. The Bertz CT molecular complexity index is 1060. The number of aromatic nitrogens is 2. The molecule has 8 nitrogen and oxygen atoms in total. The number of amides is 2. The van der Waals surface area contributed by atoms with Crippen LogP contribution in [-0.4, -0.2) is 47.9 Å². The third kappa shape index (κ3) is 3.61. The highest BCUT2D eigenvalue weighted by Gasteiger charge is 2.35. The second kappa shape index (κ2) is 8.16. The number of benzene rings is 1. The van der Waals surface area contributed by atoms with Crippen LogP contribution in [0.25, 0.3) is 11.1 Å². The summed E-state index contributed by atoms with van der Waals surface area (Å²) in [4.78, 5) is 28.8. The van der Waals surface area contributed by atoms with E-state index >= 15 is 0 Å². The molecule has 3 aromatic rings. The third-order valence-electron chi connectivity index (χ3n) is 5.22. The zero-order chi connectivity index (χ0) is 21.3. The van der Waals surface area contributed by atoms with Gasteiger partial charge in [-0.3, -0.25) is 14.3 Å². The number of hydrogen-bond acceptors (Lipinski definition) is 5.